The summed E-state index contributed by atoms with van der Waals surface area (Å²) in [6.45, 7) is 6.34. The van der Waals surface area contributed by atoms with Crippen LogP contribution in [0.25, 0.3) is 0 Å². The molecule has 1 amide bonds. The second-order valence-corrected chi connectivity index (χ2v) is 3.99. The Bertz CT molecular complexity index is 368. The Morgan fingerprint density at radius 2 is 1.94 bits per heavy atom. The van der Waals surface area contributed by atoms with E-state index < -0.39 is 0 Å². The van der Waals surface area contributed by atoms with E-state index in [0.717, 1.165) is 16.1 Å². The summed E-state index contributed by atoms with van der Waals surface area (Å²) in [5, 5.41) is 3.41. The number of nitrogens with one attached hydrogen (secondary N) is 1. The molecule has 0 atom stereocenters. The van der Waals surface area contributed by atoms with Crippen molar-refractivity contribution in [3.63, 3.8) is 0 Å². The highest BCUT2D eigenvalue weighted by molar-refractivity contribution is 6.32. The second kappa shape index (κ2) is 5.75. The fraction of sp³-hybridized carbons (Fsp3) is 0.417. The number of hydrogen-bond acceptors (Lipinski definition) is 2. The normalized spacial score (nSPS) is 10.0. The van der Waals surface area contributed by atoms with Crippen LogP contribution in [-0.4, -0.2) is 19.1 Å². The van der Waals surface area contributed by atoms with Crippen molar-refractivity contribution in [1.82, 2.24) is 5.32 Å². The number of carbonyl (C=O) groups excluding carboxylic acids is 1. The Labute approximate surface area is 101 Å². The van der Waals surface area contributed by atoms with Crippen LogP contribution in [0.3, 0.4) is 0 Å². The molecule has 0 bridgehead atoms. The van der Waals surface area contributed by atoms with Crippen molar-refractivity contribution in [2.24, 2.45) is 0 Å². The van der Waals surface area contributed by atoms with Crippen molar-refractivity contribution >= 4 is 17.5 Å². The quantitative estimate of drug-likeness (QED) is 0.880. The average Bonchev–Trinajstić information content (AvgIpc) is 2.23. The first-order valence-electron chi connectivity index (χ1n) is 5.20. The standard InChI is InChI=1S/C12H16ClNO2/c1-4-14-11(15)7-16-10-5-8(2)12(13)9(3)6-10/h5-6H,4,7H2,1-3H3,(H,14,15). The van der Waals surface area contributed by atoms with E-state index in [-0.39, 0.29) is 12.5 Å². The Kier molecular flexibility index (Phi) is 4.62. The largest absolute Gasteiger partial charge is 0.484 e. The molecule has 0 fully saturated rings. The van der Waals surface area contributed by atoms with Gasteiger partial charge in [0.05, 0.1) is 0 Å². The third-order valence-corrected chi connectivity index (χ3v) is 2.75. The molecule has 0 heterocycles. The third-order valence-electron chi connectivity index (χ3n) is 2.15. The van der Waals surface area contributed by atoms with Crippen molar-refractivity contribution < 1.29 is 9.53 Å². The molecule has 88 valence electrons. The topological polar surface area (TPSA) is 38.3 Å². The first-order chi connectivity index (χ1) is 7.54. The molecule has 1 rings (SSSR count). The fourth-order valence-electron chi connectivity index (χ4n) is 1.39. The smallest absolute Gasteiger partial charge is 0.257 e. The van der Waals surface area contributed by atoms with Crippen LogP contribution >= 0.6 is 11.6 Å². The molecule has 0 radical (unpaired) electrons. The number of aryl methyl sites for hydroxylation is 2. The lowest BCUT2D eigenvalue weighted by atomic mass is 10.1. The number of carbonyl (C=O) groups is 1. The maximum absolute atomic E-state index is 11.2. The highest BCUT2D eigenvalue weighted by Gasteiger charge is 2.05. The number of hydrogen-bond donors (Lipinski definition) is 1. The van der Waals surface area contributed by atoms with Crippen molar-refractivity contribution in [2.45, 2.75) is 20.8 Å². The zero-order valence-electron chi connectivity index (χ0n) is 9.76. The van der Waals surface area contributed by atoms with Crippen LogP contribution in [0.5, 0.6) is 5.75 Å². The van der Waals surface area contributed by atoms with Gasteiger partial charge in [0, 0.05) is 11.6 Å². The Morgan fingerprint density at radius 3 is 2.44 bits per heavy atom. The van der Waals surface area contributed by atoms with Gasteiger partial charge in [-0.1, -0.05) is 11.6 Å². The Morgan fingerprint density at radius 1 is 1.38 bits per heavy atom. The molecular weight excluding hydrogens is 226 g/mol. The van der Waals surface area contributed by atoms with Gasteiger partial charge in [-0.15, -0.1) is 0 Å². The molecule has 0 aromatic heterocycles. The van der Waals surface area contributed by atoms with E-state index in [1.54, 1.807) is 0 Å². The van der Waals surface area contributed by atoms with E-state index in [9.17, 15) is 4.79 Å². The maximum atomic E-state index is 11.2. The Balaban J connectivity index is 2.65. The zero-order valence-corrected chi connectivity index (χ0v) is 10.5. The van der Waals surface area contributed by atoms with Crippen molar-refractivity contribution in [1.29, 1.82) is 0 Å². The van der Waals surface area contributed by atoms with Gasteiger partial charge in [0.15, 0.2) is 6.61 Å². The average molecular weight is 242 g/mol. The maximum Gasteiger partial charge on any atom is 0.257 e. The highest BCUT2D eigenvalue weighted by atomic mass is 35.5. The molecule has 0 aliphatic heterocycles. The summed E-state index contributed by atoms with van der Waals surface area (Å²) >= 11 is 6.03. The molecule has 4 heteroatoms. The van der Waals surface area contributed by atoms with Crippen molar-refractivity contribution in [2.75, 3.05) is 13.2 Å². The molecule has 3 nitrogen and oxygen atoms in total. The summed E-state index contributed by atoms with van der Waals surface area (Å²) in [5.41, 5.74) is 1.90. The first-order valence-corrected chi connectivity index (χ1v) is 5.58. The van der Waals surface area contributed by atoms with E-state index >= 15 is 0 Å². The lowest BCUT2D eigenvalue weighted by molar-refractivity contribution is -0.122. The minimum atomic E-state index is -0.118. The summed E-state index contributed by atoms with van der Waals surface area (Å²) in [6, 6.07) is 3.66. The molecule has 0 spiro atoms. The summed E-state index contributed by atoms with van der Waals surface area (Å²) in [7, 11) is 0. The molecule has 0 saturated carbocycles. The number of benzene rings is 1. The van der Waals surface area contributed by atoms with Gasteiger partial charge < -0.3 is 10.1 Å². The van der Waals surface area contributed by atoms with Crippen LogP contribution in [0.4, 0.5) is 0 Å². The SMILES string of the molecule is CCNC(=O)COc1cc(C)c(Cl)c(C)c1. The van der Waals surface area contributed by atoms with Crippen molar-refractivity contribution in [3.05, 3.63) is 28.3 Å². The minimum absolute atomic E-state index is 0.0361. The summed E-state index contributed by atoms with van der Waals surface area (Å²) < 4.78 is 5.37. The van der Waals surface area contributed by atoms with Crippen LogP contribution < -0.4 is 10.1 Å². The lowest BCUT2D eigenvalue weighted by Gasteiger charge is -2.09. The van der Waals surface area contributed by atoms with Crippen LogP contribution in [-0.2, 0) is 4.79 Å². The Hall–Kier alpha value is -1.22. The number of ether oxygens (including phenoxy) is 1. The molecule has 16 heavy (non-hydrogen) atoms. The molecule has 0 unspecified atom stereocenters. The number of amides is 1. The highest BCUT2D eigenvalue weighted by Crippen LogP contribution is 2.25. The molecule has 1 aromatic carbocycles. The number of likely N-dealkylation sites (N-methyl/N-ethyl adjacent to an activating group) is 1. The second-order valence-electron chi connectivity index (χ2n) is 3.61. The predicted molar refractivity (Wildman–Crippen MR) is 65.1 cm³/mol. The summed E-state index contributed by atoms with van der Waals surface area (Å²) in [5.74, 6) is 0.554. The van der Waals surface area contributed by atoms with Gasteiger partial charge in [0.25, 0.3) is 5.91 Å². The number of rotatable bonds is 4. The molecular formula is C12H16ClNO2. The summed E-state index contributed by atoms with van der Waals surface area (Å²) in [4.78, 5) is 11.2. The monoisotopic (exact) mass is 241 g/mol. The van der Waals surface area contributed by atoms with E-state index in [2.05, 4.69) is 5.32 Å². The van der Waals surface area contributed by atoms with Gasteiger partial charge in [0.1, 0.15) is 5.75 Å². The minimum Gasteiger partial charge on any atom is -0.484 e. The van der Waals surface area contributed by atoms with Crippen LogP contribution in [0.1, 0.15) is 18.1 Å². The van der Waals surface area contributed by atoms with E-state index in [4.69, 9.17) is 16.3 Å². The van der Waals surface area contributed by atoms with E-state index in [0.29, 0.717) is 12.3 Å². The van der Waals surface area contributed by atoms with E-state index in [1.807, 2.05) is 32.9 Å². The van der Waals surface area contributed by atoms with Gasteiger partial charge >= 0.3 is 0 Å². The van der Waals surface area contributed by atoms with Crippen LogP contribution in [0.2, 0.25) is 5.02 Å². The molecule has 1 aromatic rings. The molecule has 0 aliphatic carbocycles. The predicted octanol–water partition coefficient (Wildman–Crippen LogP) is 2.47. The van der Waals surface area contributed by atoms with Gasteiger partial charge in [0.2, 0.25) is 0 Å². The molecule has 0 saturated heterocycles. The van der Waals surface area contributed by atoms with Crippen LogP contribution in [0.15, 0.2) is 12.1 Å². The van der Waals surface area contributed by atoms with Gasteiger partial charge in [-0.25, -0.2) is 0 Å². The van der Waals surface area contributed by atoms with Crippen molar-refractivity contribution in [3.8, 4) is 5.75 Å². The number of halogens is 1. The van der Waals surface area contributed by atoms with Crippen LogP contribution in [0, 0.1) is 13.8 Å². The zero-order chi connectivity index (χ0) is 12.1. The summed E-state index contributed by atoms with van der Waals surface area (Å²) in [6.07, 6.45) is 0. The van der Waals surface area contributed by atoms with Gasteiger partial charge in [-0.3, -0.25) is 4.79 Å². The first kappa shape index (κ1) is 12.8. The lowest BCUT2D eigenvalue weighted by Crippen LogP contribution is -2.28. The molecule has 0 aliphatic rings. The molecule has 1 N–H and O–H groups in total. The van der Waals surface area contributed by atoms with E-state index in [1.165, 1.54) is 0 Å². The van der Waals surface area contributed by atoms with Gasteiger partial charge in [-0.05, 0) is 44.0 Å². The van der Waals surface area contributed by atoms with Gasteiger partial charge in [-0.2, -0.15) is 0 Å². The third kappa shape index (κ3) is 3.42. The fourth-order valence-corrected chi connectivity index (χ4v) is 1.50.